The molecule has 1 aromatic heterocycles. The monoisotopic (exact) mass is 263 g/mol. The fraction of sp³-hybridized carbons (Fsp3) is 0.385. The SMILES string of the molecule is Cc1ccc(-c2noc(C3COCC3N)n2)cc1F. The van der Waals surface area contributed by atoms with Crippen molar-refractivity contribution in [2.24, 2.45) is 5.73 Å². The van der Waals surface area contributed by atoms with Crippen LogP contribution in [0.5, 0.6) is 0 Å². The number of benzene rings is 1. The van der Waals surface area contributed by atoms with E-state index < -0.39 is 0 Å². The van der Waals surface area contributed by atoms with Gasteiger partial charge in [0.2, 0.25) is 11.7 Å². The minimum Gasteiger partial charge on any atom is -0.379 e. The number of nitrogens with zero attached hydrogens (tertiary/aromatic N) is 2. The van der Waals surface area contributed by atoms with Crippen LogP contribution in [0.1, 0.15) is 17.4 Å². The number of nitrogens with two attached hydrogens (primary N) is 1. The maximum atomic E-state index is 13.5. The molecule has 2 unspecified atom stereocenters. The molecule has 2 aromatic rings. The average Bonchev–Trinajstić information content (AvgIpc) is 3.01. The maximum absolute atomic E-state index is 13.5. The molecule has 0 amide bonds. The molecule has 100 valence electrons. The maximum Gasteiger partial charge on any atom is 0.234 e. The van der Waals surface area contributed by atoms with Crippen LogP contribution >= 0.6 is 0 Å². The van der Waals surface area contributed by atoms with Gasteiger partial charge in [0.25, 0.3) is 0 Å². The van der Waals surface area contributed by atoms with Crippen molar-refractivity contribution in [3.63, 3.8) is 0 Å². The molecule has 0 spiro atoms. The van der Waals surface area contributed by atoms with E-state index in [1.165, 1.54) is 6.07 Å². The van der Waals surface area contributed by atoms with Crippen molar-refractivity contribution in [3.8, 4) is 11.4 Å². The standard InChI is InChI=1S/C13H14FN3O2/c1-7-2-3-8(4-10(7)14)12-16-13(19-17-12)9-5-18-6-11(9)15/h2-4,9,11H,5-6,15H2,1H3. The van der Waals surface area contributed by atoms with E-state index in [-0.39, 0.29) is 17.8 Å². The Kier molecular flexibility index (Phi) is 3.04. The summed E-state index contributed by atoms with van der Waals surface area (Å²) in [4.78, 5) is 4.28. The molecule has 0 saturated carbocycles. The van der Waals surface area contributed by atoms with Crippen molar-refractivity contribution in [1.29, 1.82) is 0 Å². The van der Waals surface area contributed by atoms with E-state index in [1.807, 2.05) is 0 Å². The fourth-order valence-electron chi connectivity index (χ4n) is 2.06. The Balaban J connectivity index is 1.90. The third kappa shape index (κ3) is 2.24. The van der Waals surface area contributed by atoms with Gasteiger partial charge in [-0.15, -0.1) is 0 Å². The molecule has 0 aliphatic carbocycles. The number of aryl methyl sites for hydroxylation is 1. The number of rotatable bonds is 2. The number of aromatic nitrogens is 2. The van der Waals surface area contributed by atoms with Gasteiger partial charge in [-0.3, -0.25) is 0 Å². The summed E-state index contributed by atoms with van der Waals surface area (Å²) < 4.78 is 24.0. The molecule has 1 aromatic carbocycles. The van der Waals surface area contributed by atoms with Gasteiger partial charge >= 0.3 is 0 Å². The van der Waals surface area contributed by atoms with E-state index in [0.717, 1.165) is 0 Å². The molecule has 2 atom stereocenters. The molecule has 3 rings (SSSR count). The Hall–Kier alpha value is -1.79. The number of ether oxygens (including phenoxy) is 1. The van der Waals surface area contributed by atoms with Gasteiger partial charge in [0.05, 0.1) is 19.1 Å². The van der Waals surface area contributed by atoms with Crippen molar-refractivity contribution in [3.05, 3.63) is 35.5 Å². The second kappa shape index (κ2) is 4.71. The first-order valence-electron chi connectivity index (χ1n) is 6.08. The molecule has 1 fully saturated rings. The molecule has 0 radical (unpaired) electrons. The predicted molar refractivity (Wildman–Crippen MR) is 66.0 cm³/mol. The lowest BCUT2D eigenvalue weighted by molar-refractivity contribution is 0.187. The molecule has 2 N–H and O–H groups in total. The van der Waals surface area contributed by atoms with Crippen LogP contribution in [-0.2, 0) is 4.74 Å². The summed E-state index contributed by atoms with van der Waals surface area (Å²) in [7, 11) is 0. The van der Waals surface area contributed by atoms with Crippen LogP contribution < -0.4 is 5.73 Å². The normalized spacial score (nSPS) is 22.9. The van der Waals surface area contributed by atoms with E-state index in [0.29, 0.717) is 36.1 Å². The minimum atomic E-state index is -0.287. The van der Waals surface area contributed by atoms with Crippen molar-refractivity contribution in [1.82, 2.24) is 10.1 Å². The Morgan fingerprint density at radius 3 is 2.89 bits per heavy atom. The van der Waals surface area contributed by atoms with Gasteiger partial charge in [-0.1, -0.05) is 17.3 Å². The minimum absolute atomic E-state index is 0.0865. The first-order valence-corrected chi connectivity index (χ1v) is 6.08. The molecule has 0 bridgehead atoms. The van der Waals surface area contributed by atoms with Gasteiger partial charge in [0.15, 0.2) is 0 Å². The highest BCUT2D eigenvalue weighted by Crippen LogP contribution is 2.26. The molecule has 1 saturated heterocycles. The van der Waals surface area contributed by atoms with Crippen molar-refractivity contribution < 1.29 is 13.7 Å². The highest BCUT2D eigenvalue weighted by Gasteiger charge is 2.31. The lowest BCUT2D eigenvalue weighted by atomic mass is 10.1. The van der Waals surface area contributed by atoms with Crippen LogP contribution in [0.3, 0.4) is 0 Å². The largest absolute Gasteiger partial charge is 0.379 e. The first kappa shape index (κ1) is 12.3. The zero-order chi connectivity index (χ0) is 13.4. The van der Waals surface area contributed by atoms with Crippen LogP contribution in [0.15, 0.2) is 22.7 Å². The molecule has 1 aliphatic rings. The Morgan fingerprint density at radius 2 is 2.21 bits per heavy atom. The predicted octanol–water partition coefficient (Wildman–Crippen LogP) is 1.63. The molecule has 19 heavy (non-hydrogen) atoms. The smallest absolute Gasteiger partial charge is 0.234 e. The molecule has 6 heteroatoms. The summed E-state index contributed by atoms with van der Waals surface area (Å²) in [5, 5.41) is 3.87. The molecule has 5 nitrogen and oxygen atoms in total. The summed E-state index contributed by atoms with van der Waals surface area (Å²) in [6, 6.07) is 4.71. The first-order chi connectivity index (χ1) is 9.15. The number of hydrogen-bond donors (Lipinski definition) is 1. The lowest BCUT2D eigenvalue weighted by Gasteiger charge is -2.06. The Labute approximate surface area is 109 Å². The number of halogens is 1. The Bertz CT molecular complexity index is 599. The van der Waals surface area contributed by atoms with Gasteiger partial charge in [-0.25, -0.2) is 4.39 Å². The Morgan fingerprint density at radius 1 is 1.37 bits per heavy atom. The van der Waals surface area contributed by atoms with Gasteiger partial charge in [-0.2, -0.15) is 4.98 Å². The highest BCUT2D eigenvalue weighted by molar-refractivity contribution is 5.55. The quantitative estimate of drug-likeness (QED) is 0.891. The van der Waals surface area contributed by atoms with E-state index in [4.69, 9.17) is 15.0 Å². The zero-order valence-corrected chi connectivity index (χ0v) is 10.5. The van der Waals surface area contributed by atoms with E-state index in [1.54, 1.807) is 19.1 Å². The lowest BCUT2D eigenvalue weighted by Crippen LogP contribution is -2.26. The zero-order valence-electron chi connectivity index (χ0n) is 10.5. The number of hydrogen-bond acceptors (Lipinski definition) is 5. The van der Waals surface area contributed by atoms with Crippen molar-refractivity contribution in [2.75, 3.05) is 13.2 Å². The summed E-state index contributed by atoms with van der Waals surface area (Å²) >= 11 is 0. The molecule has 2 heterocycles. The van der Waals surface area contributed by atoms with Crippen LogP contribution in [0.4, 0.5) is 4.39 Å². The topological polar surface area (TPSA) is 74.2 Å². The van der Waals surface area contributed by atoms with E-state index in [9.17, 15) is 4.39 Å². The second-order valence-corrected chi connectivity index (χ2v) is 4.73. The van der Waals surface area contributed by atoms with Gasteiger partial charge < -0.3 is 15.0 Å². The van der Waals surface area contributed by atoms with Gasteiger partial charge in [-0.05, 0) is 18.6 Å². The third-order valence-corrected chi connectivity index (χ3v) is 3.31. The van der Waals surface area contributed by atoms with E-state index >= 15 is 0 Å². The molecular weight excluding hydrogens is 249 g/mol. The van der Waals surface area contributed by atoms with Crippen LogP contribution in [0.25, 0.3) is 11.4 Å². The van der Waals surface area contributed by atoms with E-state index in [2.05, 4.69) is 10.1 Å². The van der Waals surface area contributed by atoms with Crippen molar-refractivity contribution in [2.45, 2.75) is 18.9 Å². The molecular formula is C13H14FN3O2. The summed E-state index contributed by atoms with van der Waals surface area (Å²) in [5.41, 5.74) is 7.06. The summed E-state index contributed by atoms with van der Waals surface area (Å²) in [6.07, 6.45) is 0. The summed E-state index contributed by atoms with van der Waals surface area (Å²) in [6.45, 7) is 2.67. The molecule has 1 aliphatic heterocycles. The third-order valence-electron chi connectivity index (χ3n) is 3.31. The fourth-order valence-corrected chi connectivity index (χ4v) is 2.06. The second-order valence-electron chi connectivity index (χ2n) is 4.73. The van der Waals surface area contributed by atoms with Crippen molar-refractivity contribution >= 4 is 0 Å². The van der Waals surface area contributed by atoms with Crippen LogP contribution in [0.2, 0.25) is 0 Å². The van der Waals surface area contributed by atoms with Crippen LogP contribution in [0, 0.1) is 12.7 Å². The average molecular weight is 263 g/mol. The highest BCUT2D eigenvalue weighted by atomic mass is 19.1. The van der Waals surface area contributed by atoms with Gasteiger partial charge in [0, 0.05) is 11.6 Å². The van der Waals surface area contributed by atoms with Gasteiger partial charge in [0.1, 0.15) is 5.82 Å². The summed E-state index contributed by atoms with van der Waals surface area (Å²) in [5.74, 6) is 0.440. The van der Waals surface area contributed by atoms with Crippen LogP contribution in [-0.4, -0.2) is 29.4 Å².